The molecule has 0 spiro atoms. The lowest BCUT2D eigenvalue weighted by Gasteiger charge is -2.09. The van der Waals surface area contributed by atoms with E-state index >= 15 is 0 Å². The summed E-state index contributed by atoms with van der Waals surface area (Å²) in [7, 11) is 0. The molecule has 148 valence electrons. The number of amides is 1. The van der Waals surface area contributed by atoms with Crippen LogP contribution in [0.1, 0.15) is 22.8 Å². The number of ether oxygens (including phenoxy) is 2. The highest BCUT2D eigenvalue weighted by Gasteiger charge is 2.07. The van der Waals surface area contributed by atoms with Gasteiger partial charge < -0.3 is 14.8 Å². The minimum atomic E-state index is -0.172. The molecule has 0 unspecified atom stereocenters. The van der Waals surface area contributed by atoms with E-state index in [1.165, 1.54) is 5.56 Å². The molecule has 0 aromatic heterocycles. The number of anilines is 1. The first kappa shape index (κ1) is 20.2. The first-order chi connectivity index (χ1) is 14.1. The third-order valence-corrected chi connectivity index (χ3v) is 4.22. The average molecular weight is 387 g/mol. The smallest absolute Gasteiger partial charge is 0.255 e. The maximum atomic E-state index is 12.4. The Morgan fingerprint density at radius 1 is 0.862 bits per heavy atom. The van der Waals surface area contributed by atoms with E-state index in [1.807, 2.05) is 49.4 Å². The lowest BCUT2D eigenvalue weighted by Crippen LogP contribution is -2.11. The zero-order valence-electron chi connectivity index (χ0n) is 16.6. The van der Waals surface area contributed by atoms with Crippen molar-refractivity contribution in [1.29, 1.82) is 0 Å². The maximum absolute atomic E-state index is 12.4. The van der Waals surface area contributed by atoms with E-state index in [9.17, 15) is 4.79 Å². The first-order valence-electron chi connectivity index (χ1n) is 9.55. The summed E-state index contributed by atoms with van der Waals surface area (Å²) < 4.78 is 11.3. The standard InChI is InChI=1S/C25H25NO3/c1-19(2)18-29-24-12-8-21(9-13-24)25(27)26-22-10-14-23(15-11-22)28-17-16-20-6-4-3-5-7-20/h3-15H,1,16-18H2,2H3,(H,26,27). The molecule has 1 N–H and O–H groups in total. The van der Waals surface area contributed by atoms with Crippen molar-refractivity contribution >= 4 is 11.6 Å². The second kappa shape index (κ2) is 10.1. The molecule has 0 aliphatic carbocycles. The van der Waals surface area contributed by atoms with Crippen molar-refractivity contribution in [3.8, 4) is 11.5 Å². The van der Waals surface area contributed by atoms with Crippen molar-refractivity contribution in [2.24, 2.45) is 0 Å². The molecule has 0 fully saturated rings. The molecule has 3 aromatic rings. The molecule has 0 heterocycles. The van der Waals surface area contributed by atoms with Crippen LogP contribution in [0.3, 0.4) is 0 Å². The summed E-state index contributed by atoms with van der Waals surface area (Å²) in [5.74, 6) is 1.31. The lowest BCUT2D eigenvalue weighted by molar-refractivity contribution is 0.102. The van der Waals surface area contributed by atoms with Crippen LogP contribution in [0.4, 0.5) is 5.69 Å². The van der Waals surface area contributed by atoms with Crippen LogP contribution in [-0.4, -0.2) is 19.1 Å². The molecule has 1 amide bonds. The topological polar surface area (TPSA) is 47.6 Å². The molecule has 3 rings (SSSR count). The zero-order chi connectivity index (χ0) is 20.5. The minimum absolute atomic E-state index is 0.172. The number of carbonyl (C=O) groups is 1. The fourth-order valence-electron chi connectivity index (χ4n) is 2.68. The lowest BCUT2D eigenvalue weighted by atomic mass is 10.2. The van der Waals surface area contributed by atoms with Gasteiger partial charge in [0.15, 0.2) is 0 Å². The van der Waals surface area contributed by atoms with Gasteiger partial charge in [-0.2, -0.15) is 0 Å². The summed E-state index contributed by atoms with van der Waals surface area (Å²) in [6.07, 6.45) is 0.853. The summed E-state index contributed by atoms with van der Waals surface area (Å²) in [6.45, 7) is 6.78. The van der Waals surface area contributed by atoms with Gasteiger partial charge in [-0.15, -0.1) is 0 Å². The number of benzene rings is 3. The molecule has 0 atom stereocenters. The molecule has 0 aliphatic heterocycles. The van der Waals surface area contributed by atoms with Gasteiger partial charge in [-0.1, -0.05) is 36.9 Å². The number of carbonyl (C=O) groups excluding carboxylic acids is 1. The molecular formula is C25H25NO3. The SMILES string of the molecule is C=C(C)COc1ccc(C(=O)Nc2ccc(OCCc3ccccc3)cc2)cc1. The second-order valence-electron chi connectivity index (χ2n) is 6.83. The van der Waals surface area contributed by atoms with Crippen molar-refractivity contribution in [2.75, 3.05) is 18.5 Å². The monoisotopic (exact) mass is 387 g/mol. The summed E-state index contributed by atoms with van der Waals surface area (Å²) >= 11 is 0. The quantitative estimate of drug-likeness (QED) is 0.492. The molecule has 0 radical (unpaired) electrons. The molecule has 0 bridgehead atoms. The molecular weight excluding hydrogens is 362 g/mol. The highest BCUT2D eigenvalue weighted by Crippen LogP contribution is 2.18. The molecule has 3 aromatic carbocycles. The van der Waals surface area contributed by atoms with Gasteiger partial charge in [-0.05, 0) is 66.6 Å². The number of hydrogen-bond acceptors (Lipinski definition) is 3. The molecule has 0 saturated heterocycles. The van der Waals surface area contributed by atoms with Crippen LogP contribution in [-0.2, 0) is 6.42 Å². The Bertz CT molecular complexity index is 932. The highest BCUT2D eigenvalue weighted by molar-refractivity contribution is 6.04. The van der Waals surface area contributed by atoms with Crippen molar-refractivity contribution in [3.63, 3.8) is 0 Å². The Balaban J connectivity index is 1.48. The molecule has 29 heavy (non-hydrogen) atoms. The fraction of sp³-hybridized carbons (Fsp3) is 0.160. The Hall–Kier alpha value is -3.53. The Morgan fingerprint density at radius 2 is 1.48 bits per heavy atom. The van der Waals surface area contributed by atoms with E-state index in [2.05, 4.69) is 24.0 Å². The summed E-state index contributed by atoms with van der Waals surface area (Å²) in [6, 6.07) is 24.6. The molecule has 4 nitrogen and oxygen atoms in total. The Morgan fingerprint density at radius 3 is 2.14 bits per heavy atom. The van der Waals surface area contributed by atoms with Crippen molar-refractivity contribution in [3.05, 3.63) is 102 Å². The van der Waals surface area contributed by atoms with Gasteiger partial charge in [-0.3, -0.25) is 4.79 Å². The van der Waals surface area contributed by atoms with E-state index in [4.69, 9.17) is 9.47 Å². The Labute approximate surface area is 171 Å². The normalized spacial score (nSPS) is 10.2. The van der Waals surface area contributed by atoms with Crippen LogP contribution < -0.4 is 14.8 Å². The van der Waals surface area contributed by atoms with Crippen LogP contribution in [0, 0.1) is 0 Å². The van der Waals surface area contributed by atoms with Gasteiger partial charge in [0.1, 0.15) is 18.1 Å². The predicted molar refractivity (Wildman–Crippen MR) is 117 cm³/mol. The van der Waals surface area contributed by atoms with Crippen LogP contribution in [0.25, 0.3) is 0 Å². The summed E-state index contributed by atoms with van der Waals surface area (Å²) in [5.41, 5.74) is 3.47. The number of hydrogen-bond donors (Lipinski definition) is 1. The number of nitrogens with one attached hydrogen (secondary N) is 1. The zero-order valence-corrected chi connectivity index (χ0v) is 16.6. The highest BCUT2D eigenvalue weighted by atomic mass is 16.5. The van der Waals surface area contributed by atoms with Gasteiger partial charge in [0, 0.05) is 17.7 Å². The van der Waals surface area contributed by atoms with Crippen molar-refractivity contribution < 1.29 is 14.3 Å². The van der Waals surface area contributed by atoms with E-state index in [-0.39, 0.29) is 5.91 Å². The second-order valence-corrected chi connectivity index (χ2v) is 6.83. The summed E-state index contributed by atoms with van der Waals surface area (Å²) in [5, 5.41) is 2.89. The molecule has 4 heteroatoms. The molecule has 0 aliphatic rings. The van der Waals surface area contributed by atoms with E-state index in [0.717, 1.165) is 17.7 Å². The van der Waals surface area contributed by atoms with Gasteiger partial charge in [0.2, 0.25) is 0 Å². The van der Waals surface area contributed by atoms with Gasteiger partial charge in [0.25, 0.3) is 5.91 Å². The Kier molecular flexibility index (Phi) is 7.06. The first-order valence-corrected chi connectivity index (χ1v) is 9.55. The van der Waals surface area contributed by atoms with E-state index in [1.54, 1.807) is 24.3 Å². The minimum Gasteiger partial charge on any atom is -0.493 e. The predicted octanol–water partition coefficient (Wildman–Crippen LogP) is 5.52. The van der Waals surface area contributed by atoms with E-state index < -0.39 is 0 Å². The van der Waals surface area contributed by atoms with E-state index in [0.29, 0.717) is 30.2 Å². The largest absolute Gasteiger partial charge is 0.493 e. The van der Waals surface area contributed by atoms with Crippen LogP contribution in [0.2, 0.25) is 0 Å². The molecule has 0 saturated carbocycles. The van der Waals surface area contributed by atoms with Crippen LogP contribution >= 0.6 is 0 Å². The average Bonchev–Trinajstić information content (AvgIpc) is 2.74. The van der Waals surface area contributed by atoms with Gasteiger partial charge >= 0.3 is 0 Å². The van der Waals surface area contributed by atoms with Crippen LogP contribution in [0.5, 0.6) is 11.5 Å². The maximum Gasteiger partial charge on any atom is 0.255 e. The van der Waals surface area contributed by atoms with Gasteiger partial charge in [-0.25, -0.2) is 0 Å². The number of rotatable bonds is 9. The summed E-state index contributed by atoms with van der Waals surface area (Å²) in [4.78, 5) is 12.4. The van der Waals surface area contributed by atoms with Crippen molar-refractivity contribution in [1.82, 2.24) is 0 Å². The third-order valence-electron chi connectivity index (χ3n) is 4.22. The van der Waals surface area contributed by atoms with Gasteiger partial charge in [0.05, 0.1) is 6.61 Å². The van der Waals surface area contributed by atoms with Crippen LogP contribution in [0.15, 0.2) is 91.0 Å². The third kappa shape index (κ3) is 6.54. The fourth-order valence-corrected chi connectivity index (χ4v) is 2.68. The van der Waals surface area contributed by atoms with Crippen molar-refractivity contribution in [2.45, 2.75) is 13.3 Å².